The lowest BCUT2D eigenvalue weighted by Gasteiger charge is -2.09. The fourth-order valence-electron chi connectivity index (χ4n) is 2.79. The van der Waals surface area contributed by atoms with Crippen molar-refractivity contribution in [3.05, 3.63) is 75.1 Å². The lowest BCUT2D eigenvalue weighted by molar-refractivity contribution is 0.414. The van der Waals surface area contributed by atoms with E-state index < -0.39 is 0 Å². The van der Waals surface area contributed by atoms with E-state index in [1.165, 1.54) is 5.56 Å². The first-order valence-electron chi connectivity index (χ1n) is 8.04. The zero-order valence-electron chi connectivity index (χ0n) is 14.3. The molecule has 0 radical (unpaired) electrons. The molecule has 3 aromatic rings. The Morgan fingerprint density at radius 1 is 1.04 bits per heavy atom. The molecule has 0 saturated carbocycles. The monoisotopic (exact) mass is 322 g/mol. The second kappa shape index (κ2) is 6.89. The van der Waals surface area contributed by atoms with Crippen LogP contribution in [0.3, 0.4) is 0 Å². The first kappa shape index (κ1) is 16.3. The van der Waals surface area contributed by atoms with Gasteiger partial charge in [-0.15, -0.1) is 0 Å². The van der Waals surface area contributed by atoms with Crippen molar-refractivity contribution in [3.63, 3.8) is 0 Å². The minimum Gasteiger partial charge on any atom is -0.497 e. The van der Waals surface area contributed by atoms with Gasteiger partial charge in [0.1, 0.15) is 5.75 Å². The largest absolute Gasteiger partial charge is 0.497 e. The number of aromatic amines is 1. The molecule has 0 bridgehead atoms. The molecular formula is C20H22N2O2. The van der Waals surface area contributed by atoms with Crippen LogP contribution >= 0.6 is 0 Å². The highest BCUT2D eigenvalue weighted by Gasteiger charge is 2.06. The highest BCUT2D eigenvalue weighted by Crippen LogP contribution is 2.19. The predicted octanol–water partition coefficient (Wildman–Crippen LogP) is 3.44. The number of H-pyrrole nitrogens is 1. The summed E-state index contributed by atoms with van der Waals surface area (Å²) in [6.45, 7) is 5.32. The number of hydrogen-bond donors (Lipinski definition) is 2. The lowest BCUT2D eigenvalue weighted by Crippen LogP contribution is -2.21. The summed E-state index contributed by atoms with van der Waals surface area (Å²) in [4.78, 5) is 15.3. The number of nitrogens with one attached hydrogen (secondary N) is 2. The van der Waals surface area contributed by atoms with Crippen LogP contribution in [0.4, 0.5) is 0 Å². The third kappa shape index (κ3) is 3.34. The van der Waals surface area contributed by atoms with E-state index in [0.717, 1.165) is 33.3 Å². The molecule has 0 unspecified atom stereocenters. The molecule has 0 aliphatic heterocycles. The third-order valence-electron chi connectivity index (χ3n) is 4.43. The van der Waals surface area contributed by atoms with Crippen molar-refractivity contribution in [3.8, 4) is 5.75 Å². The molecule has 24 heavy (non-hydrogen) atoms. The van der Waals surface area contributed by atoms with Gasteiger partial charge in [-0.3, -0.25) is 4.79 Å². The van der Waals surface area contributed by atoms with Gasteiger partial charge in [0.05, 0.1) is 12.6 Å². The summed E-state index contributed by atoms with van der Waals surface area (Å²) in [5.41, 5.74) is 5.11. The summed E-state index contributed by atoms with van der Waals surface area (Å²) in [5, 5.41) is 4.39. The van der Waals surface area contributed by atoms with Gasteiger partial charge in [0.15, 0.2) is 0 Å². The summed E-state index contributed by atoms with van der Waals surface area (Å²) >= 11 is 0. The van der Waals surface area contributed by atoms with Crippen LogP contribution < -0.4 is 15.6 Å². The normalized spacial score (nSPS) is 11.0. The Morgan fingerprint density at radius 2 is 1.79 bits per heavy atom. The molecule has 0 atom stereocenters. The number of benzene rings is 2. The SMILES string of the molecule is COc1ccc(CNCc2cc3ccc(C)c(C)c3[nH]c2=O)cc1. The molecular weight excluding hydrogens is 300 g/mol. The maximum atomic E-state index is 12.3. The van der Waals surface area contributed by atoms with Crippen molar-refractivity contribution in [2.45, 2.75) is 26.9 Å². The zero-order valence-corrected chi connectivity index (χ0v) is 14.3. The highest BCUT2D eigenvalue weighted by atomic mass is 16.5. The number of aromatic nitrogens is 1. The summed E-state index contributed by atoms with van der Waals surface area (Å²) in [6, 6.07) is 14.0. The maximum Gasteiger partial charge on any atom is 0.252 e. The van der Waals surface area contributed by atoms with Gasteiger partial charge in [0, 0.05) is 18.7 Å². The molecule has 3 rings (SSSR count). The van der Waals surface area contributed by atoms with E-state index in [9.17, 15) is 4.79 Å². The standard InChI is InChI=1S/C20H22N2O2/c1-13-4-7-16-10-17(20(23)22-19(16)14(13)2)12-21-11-15-5-8-18(24-3)9-6-15/h4-10,21H,11-12H2,1-3H3,(H,22,23). The Labute approximate surface area is 141 Å². The van der Waals surface area contributed by atoms with E-state index in [1.807, 2.05) is 37.3 Å². The van der Waals surface area contributed by atoms with Gasteiger partial charge in [0.2, 0.25) is 0 Å². The number of fused-ring (bicyclic) bond motifs is 1. The summed E-state index contributed by atoms with van der Waals surface area (Å²) in [7, 11) is 1.66. The number of hydrogen-bond acceptors (Lipinski definition) is 3. The van der Waals surface area contributed by atoms with Crippen LogP contribution in [0.15, 0.2) is 47.3 Å². The van der Waals surface area contributed by atoms with Gasteiger partial charge >= 0.3 is 0 Å². The van der Waals surface area contributed by atoms with E-state index in [4.69, 9.17) is 4.74 Å². The number of pyridine rings is 1. The van der Waals surface area contributed by atoms with Crippen LogP contribution in [0.2, 0.25) is 0 Å². The number of rotatable bonds is 5. The van der Waals surface area contributed by atoms with Gasteiger partial charge in [-0.1, -0.05) is 24.3 Å². The zero-order chi connectivity index (χ0) is 17.1. The molecule has 124 valence electrons. The van der Waals surface area contributed by atoms with Crippen LogP contribution in [0.5, 0.6) is 5.75 Å². The van der Waals surface area contributed by atoms with Gasteiger partial charge in [-0.25, -0.2) is 0 Å². The second-order valence-corrected chi connectivity index (χ2v) is 6.05. The maximum absolute atomic E-state index is 12.3. The Balaban J connectivity index is 1.74. The van der Waals surface area contributed by atoms with Crippen molar-refractivity contribution < 1.29 is 4.74 Å². The highest BCUT2D eigenvalue weighted by molar-refractivity contribution is 5.83. The molecule has 0 fully saturated rings. The smallest absolute Gasteiger partial charge is 0.252 e. The van der Waals surface area contributed by atoms with Crippen LogP contribution in [0.1, 0.15) is 22.3 Å². The predicted molar refractivity (Wildman–Crippen MR) is 97.6 cm³/mol. The Kier molecular flexibility index (Phi) is 4.67. The van der Waals surface area contributed by atoms with E-state index in [2.05, 4.69) is 29.4 Å². The molecule has 1 aromatic heterocycles. The number of methoxy groups -OCH3 is 1. The summed E-state index contributed by atoms with van der Waals surface area (Å²) < 4.78 is 5.15. The second-order valence-electron chi connectivity index (χ2n) is 6.05. The fraction of sp³-hybridized carbons (Fsp3) is 0.250. The van der Waals surface area contributed by atoms with Crippen LogP contribution in [-0.4, -0.2) is 12.1 Å². The van der Waals surface area contributed by atoms with E-state index in [1.54, 1.807) is 7.11 Å². The topological polar surface area (TPSA) is 54.1 Å². The van der Waals surface area contributed by atoms with Crippen molar-refractivity contribution in [1.82, 2.24) is 10.3 Å². The van der Waals surface area contributed by atoms with E-state index >= 15 is 0 Å². The Hall–Kier alpha value is -2.59. The van der Waals surface area contributed by atoms with Gasteiger partial charge in [0.25, 0.3) is 5.56 Å². The Bertz CT molecular complexity index is 911. The first-order chi connectivity index (χ1) is 11.6. The molecule has 1 heterocycles. The molecule has 0 spiro atoms. The van der Waals surface area contributed by atoms with Gasteiger partial charge < -0.3 is 15.0 Å². The van der Waals surface area contributed by atoms with Crippen LogP contribution in [0.25, 0.3) is 10.9 Å². The molecule has 0 aliphatic rings. The minimum atomic E-state index is -0.0292. The lowest BCUT2D eigenvalue weighted by atomic mass is 10.0. The quantitative estimate of drug-likeness (QED) is 0.756. The first-order valence-corrected chi connectivity index (χ1v) is 8.04. The fourth-order valence-corrected chi connectivity index (χ4v) is 2.79. The molecule has 4 heteroatoms. The average molecular weight is 322 g/mol. The van der Waals surface area contributed by atoms with Crippen LogP contribution in [0, 0.1) is 13.8 Å². The molecule has 2 aromatic carbocycles. The molecule has 2 N–H and O–H groups in total. The molecule has 0 saturated heterocycles. The Morgan fingerprint density at radius 3 is 2.50 bits per heavy atom. The summed E-state index contributed by atoms with van der Waals surface area (Å²) in [5.74, 6) is 0.843. The number of ether oxygens (including phenoxy) is 1. The molecule has 0 aliphatic carbocycles. The van der Waals surface area contributed by atoms with Crippen molar-refractivity contribution in [2.24, 2.45) is 0 Å². The average Bonchev–Trinajstić information content (AvgIpc) is 2.60. The minimum absolute atomic E-state index is 0.0292. The van der Waals surface area contributed by atoms with Crippen molar-refractivity contribution in [2.75, 3.05) is 7.11 Å². The number of aryl methyl sites for hydroxylation is 2. The molecule has 4 nitrogen and oxygen atoms in total. The van der Waals surface area contributed by atoms with Crippen molar-refractivity contribution >= 4 is 10.9 Å². The van der Waals surface area contributed by atoms with E-state index in [-0.39, 0.29) is 5.56 Å². The van der Waals surface area contributed by atoms with Gasteiger partial charge in [-0.2, -0.15) is 0 Å². The van der Waals surface area contributed by atoms with Crippen LogP contribution in [-0.2, 0) is 13.1 Å². The molecule has 0 amide bonds. The van der Waals surface area contributed by atoms with Gasteiger partial charge in [-0.05, 0) is 54.1 Å². The third-order valence-corrected chi connectivity index (χ3v) is 4.43. The van der Waals surface area contributed by atoms with Crippen molar-refractivity contribution in [1.29, 1.82) is 0 Å². The van der Waals surface area contributed by atoms with E-state index in [0.29, 0.717) is 13.1 Å². The summed E-state index contributed by atoms with van der Waals surface area (Å²) in [6.07, 6.45) is 0.